The van der Waals surface area contributed by atoms with Gasteiger partial charge in [0, 0.05) is 29.9 Å². The summed E-state index contributed by atoms with van der Waals surface area (Å²) in [6.45, 7) is 9.12. The normalized spacial score (nSPS) is 16.0. The molecule has 3 aromatic rings. The molecule has 140 valence electrons. The van der Waals surface area contributed by atoms with E-state index < -0.39 is 0 Å². The lowest BCUT2D eigenvalue weighted by Crippen LogP contribution is -2.24. The van der Waals surface area contributed by atoms with Gasteiger partial charge >= 0.3 is 0 Å². The van der Waals surface area contributed by atoms with Gasteiger partial charge in [0.05, 0.1) is 13.1 Å². The van der Waals surface area contributed by atoms with E-state index in [2.05, 4.69) is 14.7 Å². The van der Waals surface area contributed by atoms with Crippen LogP contribution in [0.4, 0.5) is 11.4 Å². The minimum absolute atomic E-state index is 0.0192. The van der Waals surface area contributed by atoms with Crippen molar-refractivity contribution in [1.29, 1.82) is 0 Å². The fraction of sp³-hybridized carbons (Fsp3) is 0.182. The fourth-order valence-electron chi connectivity index (χ4n) is 3.40. The average molecular weight is 410 g/mol. The van der Waals surface area contributed by atoms with E-state index in [4.69, 9.17) is 34.5 Å². The second-order valence-corrected chi connectivity index (χ2v) is 7.37. The molecule has 1 atom stereocenters. The quantitative estimate of drug-likeness (QED) is 0.475. The van der Waals surface area contributed by atoms with Crippen LogP contribution in [0.1, 0.15) is 6.42 Å². The van der Waals surface area contributed by atoms with Crippen molar-refractivity contribution in [1.82, 2.24) is 4.98 Å². The van der Waals surface area contributed by atoms with Crippen molar-refractivity contribution in [2.24, 2.45) is 0 Å². The Morgan fingerprint density at radius 2 is 1.89 bits per heavy atom. The van der Waals surface area contributed by atoms with Crippen LogP contribution in [0.2, 0.25) is 10.0 Å². The molecule has 0 N–H and O–H groups in total. The van der Waals surface area contributed by atoms with Crippen molar-refractivity contribution >= 4 is 34.6 Å². The third-order valence-corrected chi connectivity index (χ3v) is 5.39. The molecule has 0 amide bonds. The van der Waals surface area contributed by atoms with Gasteiger partial charge < -0.3 is 9.64 Å². The Labute approximate surface area is 174 Å². The van der Waals surface area contributed by atoms with Crippen LogP contribution in [0.5, 0.6) is 5.88 Å². The van der Waals surface area contributed by atoms with Crippen molar-refractivity contribution in [3.63, 3.8) is 0 Å². The number of ether oxygens (including phenoxy) is 1. The first kappa shape index (κ1) is 18.6. The summed E-state index contributed by atoms with van der Waals surface area (Å²) >= 11 is 12.4. The zero-order chi connectivity index (χ0) is 19.5. The largest absolute Gasteiger partial charge is 0.471 e. The Morgan fingerprint density at radius 3 is 2.68 bits per heavy atom. The zero-order valence-corrected chi connectivity index (χ0v) is 16.5. The van der Waals surface area contributed by atoms with Gasteiger partial charge in [0.25, 0.3) is 0 Å². The van der Waals surface area contributed by atoms with Crippen LogP contribution < -0.4 is 9.64 Å². The highest BCUT2D eigenvalue weighted by molar-refractivity contribution is 6.33. The zero-order valence-electron chi connectivity index (χ0n) is 15.0. The monoisotopic (exact) mass is 409 g/mol. The molecule has 1 aliphatic heterocycles. The molecule has 2 aromatic carbocycles. The molecule has 28 heavy (non-hydrogen) atoms. The van der Waals surface area contributed by atoms with Crippen molar-refractivity contribution in [3.8, 4) is 17.0 Å². The molecular weight excluding hydrogens is 393 g/mol. The second kappa shape index (κ2) is 8.10. The minimum Gasteiger partial charge on any atom is -0.471 e. The highest BCUT2D eigenvalue weighted by Crippen LogP contribution is 2.37. The van der Waals surface area contributed by atoms with E-state index in [1.54, 1.807) is 18.3 Å². The molecule has 4 rings (SSSR count). The summed E-state index contributed by atoms with van der Waals surface area (Å²) in [4.78, 5) is 10.1. The molecule has 0 bridgehead atoms. The Morgan fingerprint density at radius 1 is 1.07 bits per heavy atom. The predicted octanol–water partition coefficient (Wildman–Crippen LogP) is 6.26. The number of benzene rings is 2. The number of halogens is 2. The molecule has 1 fully saturated rings. The molecule has 0 saturated carbocycles. The number of pyridine rings is 1. The Hall–Kier alpha value is -2.74. The molecule has 6 heteroatoms. The van der Waals surface area contributed by atoms with Crippen molar-refractivity contribution in [3.05, 3.63) is 82.3 Å². The van der Waals surface area contributed by atoms with Crippen LogP contribution in [0, 0.1) is 6.57 Å². The lowest BCUT2D eigenvalue weighted by atomic mass is 10.0. The van der Waals surface area contributed by atoms with E-state index in [0.29, 0.717) is 28.2 Å². The van der Waals surface area contributed by atoms with E-state index in [1.807, 2.05) is 42.5 Å². The molecular formula is C22H17Cl2N3O. The summed E-state index contributed by atoms with van der Waals surface area (Å²) in [5.74, 6) is 0.454. The summed E-state index contributed by atoms with van der Waals surface area (Å²) in [7, 11) is 0. The van der Waals surface area contributed by atoms with Crippen LogP contribution in [0.25, 0.3) is 16.0 Å². The summed E-state index contributed by atoms with van der Waals surface area (Å²) in [6.07, 6.45) is 2.49. The van der Waals surface area contributed by atoms with Gasteiger partial charge in [0.1, 0.15) is 11.1 Å². The van der Waals surface area contributed by atoms with Crippen LogP contribution >= 0.6 is 23.2 Å². The highest BCUT2D eigenvalue weighted by atomic mass is 35.5. The van der Waals surface area contributed by atoms with Crippen molar-refractivity contribution in [2.75, 3.05) is 18.0 Å². The van der Waals surface area contributed by atoms with Crippen LogP contribution in [0.3, 0.4) is 0 Å². The Kier molecular flexibility index (Phi) is 5.38. The van der Waals surface area contributed by atoms with Crippen LogP contribution in [-0.2, 0) is 0 Å². The van der Waals surface area contributed by atoms with E-state index in [-0.39, 0.29) is 6.10 Å². The maximum Gasteiger partial charge on any atom is 0.232 e. The number of nitrogens with zero attached hydrogens (tertiary/aromatic N) is 3. The Bertz CT molecular complexity index is 1050. The van der Waals surface area contributed by atoms with Crippen molar-refractivity contribution < 1.29 is 4.74 Å². The Balaban J connectivity index is 1.54. The molecule has 0 radical (unpaired) electrons. The fourth-order valence-corrected chi connectivity index (χ4v) is 3.81. The first-order valence-electron chi connectivity index (χ1n) is 8.94. The molecule has 0 unspecified atom stereocenters. The average Bonchev–Trinajstić information content (AvgIpc) is 3.18. The molecule has 4 nitrogen and oxygen atoms in total. The van der Waals surface area contributed by atoms with E-state index >= 15 is 0 Å². The topological polar surface area (TPSA) is 29.7 Å². The number of rotatable bonds is 4. The summed E-state index contributed by atoms with van der Waals surface area (Å²) in [5.41, 5.74) is 3.37. The van der Waals surface area contributed by atoms with E-state index in [1.165, 1.54) is 0 Å². The third kappa shape index (κ3) is 3.77. The third-order valence-electron chi connectivity index (χ3n) is 4.77. The minimum atomic E-state index is -0.0192. The van der Waals surface area contributed by atoms with Gasteiger partial charge in [0.15, 0.2) is 0 Å². The van der Waals surface area contributed by atoms with E-state index in [9.17, 15) is 0 Å². The predicted molar refractivity (Wildman–Crippen MR) is 114 cm³/mol. The van der Waals surface area contributed by atoms with Gasteiger partial charge in [-0.15, -0.1) is 0 Å². The first-order chi connectivity index (χ1) is 13.7. The molecule has 1 aliphatic rings. The second-order valence-electron chi connectivity index (χ2n) is 6.56. The molecule has 2 heterocycles. The van der Waals surface area contributed by atoms with Gasteiger partial charge in [0.2, 0.25) is 11.6 Å². The first-order valence-corrected chi connectivity index (χ1v) is 9.70. The lowest BCUT2D eigenvalue weighted by molar-refractivity contribution is 0.216. The maximum absolute atomic E-state index is 7.63. The SMILES string of the molecule is [C-]#[N+]c1cc(-c2ccccc2Cl)ccc1N1CC[C@H](Oc2ncccc2Cl)C1. The summed E-state index contributed by atoms with van der Waals surface area (Å²) in [6, 6.07) is 17.1. The highest BCUT2D eigenvalue weighted by Gasteiger charge is 2.26. The van der Waals surface area contributed by atoms with Crippen LogP contribution in [-0.4, -0.2) is 24.2 Å². The summed E-state index contributed by atoms with van der Waals surface area (Å²) in [5, 5.41) is 1.18. The number of hydrogen-bond acceptors (Lipinski definition) is 3. The van der Waals surface area contributed by atoms with Gasteiger partial charge in [-0.25, -0.2) is 9.83 Å². The van der Waals surface area contributed by atoms with Gasteiger partial charge in [-0.3, -0.25) is 0 Å². The smallest absolute Gasteiger partial charge is 0.232 e. The number of hydrogen-bond donors (Lipinski definition) is 0. The molecule has 1 saturated heterocycles. The molecule has 1 aromatic heterocycles. The maximum atomic E-state index is 7.63. The summed E-state index contributed by atoms with van der Waals surface area (Å²) < 4.78 is 5.96. The van der Waals surface area contributed by atoms with Crippen LogP contribution in [0.15, 0.2) is 60.8 Å². The number of anilines is 1. The molecule has 0 aliphatic carbocycles. The van der Waals surface area contributed by atoms with Gasteiger partial charge in [-0.1, -0.05) is 47.5 Å². The standard InChI is InChI=1S/C22H17Cl2N3O/c1-25-20-13-15(17-5-2-3-6-18(17)23)8-9-21(20)27-12-10-16(14-27)28-22-19(24)7-4-11-26-22/h2-9,11,13,16H,10,12,14H2/t16-/m0/s1. The number of aromatic nitrogens is 1. The van der Waals surface area contributed by atoms with Crippen molar-refractivity contribution in [2.45, 2.75) is 12.5 Å². The lowest BCUT2D eigenvalue weighted by Gasteiger charge is -2.21. The van der Waals surface area contributed by atoms with E-state index in [0.717, 1.165) is 29.8 Å². The molecule has 0 spiro atoms. The van der Waals surface area contributed by atoms with Gasteiger partial charge in [-0.2, -0.15) is 0 Å². The van der Waals surface area contributed by atoms with Gasteiger partial charge in [-0.05, 0) is 41.5 Å².